The first-order chi connectivity index (χ1) is 9.52. The molecule has 1 N–H and O–H groups in total. The maximum Gasteiger partial charge on any atom is 0.145 e. The third kappa shape index (κ3) is 3.44. The molecule has 0 aliphatic heterocycles. The third-order valence-electron chi connectivity index (χ3n) is 3.14. The number of nitrogens with one attached hydrogen (secondary N) is 1. The van der Waals surface area contributed by atoms with E-state index in [1.165, 1.54) is 6.07 Å². The van der Waals surface area contributed by atoms with E-state index in [2.05, 4.69) is 5.32 Å². The van der Waals surface area contributed by atoms with Gasteiger partial charge in [-0.3, -0.25) is 0 Å². The Kier molecular flexibility index (Phi) is 5.28. The van der Waals surface area contributed by atoms with Crippen LogP contribution in [0.2, 0.25) is 15.1 Å². The van der Waals surface area contributed by atoms with Crippen molar-refractivity contribution in [1.82, 2.24) is 5.32 Å². The summed E-state index contributed by atoms with van der Waals surface area (Å²) < 4.78 is 14.0. The first-order valence-corrected chi connectivity index (χ1v) is 7.21. The molecule has 0 aromatic heterocycles. The van der Waals surface area contributed by atoms with Crippen LogP contribution < -0.4 is 5.32 Å². The standard InChI is InChI=1S/C15H13Cl3FN/c1-20-14(11-8-10(16)5-6-12(11)17)7-9-3-2-4-13(18)15(9)19/h2-6,8,14,20H,7H2,1H3. The average Bonchev–Trinajstić information content (AvgIpc) is 2.43. The Morgan fingerprint density at radius 2 is 1.85 bits per heavy atom. The number of halogens is 4. The van der Waals surface area contributed by atoms with Gasteiger partial charge in [-0.2, -0.15) is 0 Å². The van der Waals surface area contributed by atoms with Gasteiger partial charge in [-0.1, -0.05) is 46.9 Å². The molecule has 1 atom stereocenters. The topological polar surface area (TPSA) is 12.0 Å². The molecule has 2 aromatic carbocycles. The minimum absolute atomic E-state index is 0.120. The first kappa shape index (κ1) is 15.6. The van der Waals surface area contributed by atoms with E-state index in [1.54, 1.807) is 37.4 Å². The van der Waals surface area contributed by atoms with E-state index in [0.29, 0.717) is 22.0 Å². The largest absolute Gasteiger partial charge is 0.313 e. The van der Waals surface area contributed by atoms with Crippen LogP contribution in [0.5, 0.6) is 0 Å². The minimum atomic E-state index is -0.396. The second kappa shape index (κ2) is 6.77. The monoisotopic (exact) mass is 331 g/mol. The van der Waals surface area contributed by atoms with Crippen LogP contribution in [0.3, 0.4) is 0 Å². The van der Waals surface area contributed by atoms with Crippen molar-refractivity contribution in [3.05, 3.63) is 68.4 Å². The van der Waals surface area contributed by atoms with Gasteiger partial charge in [-0.25, -0.2) is 4.39 Å². The molecule has 0 bridgehead atoms. The SMILES string of the molecule is CNC(Cc1cccc(Cl)c1F)c1cc(Cl)ccc1Cl. The molecule has 5 heteroatoms. The first-order valence-electron chi connectivity index (χ1n) is 6.08. The lowest BCUT2D eigenvalue weighted by Gasteiger charge is -2.19. The van der Waals surface area contributed by atoms with E-state index in [4.69, 9.17) is 34.8 Å². The lowest BCUT2D eigenvalue weighted by Crippen LogP contribution is -2.19. The fraction of sp³-hybridized carbons (Fsp3) is 0.200. The summed E-state index contributed by atoms with van der Waals surface area (Å²) in [5, 5.41) is 4.44. The van der Waals surface area contributed by atoms with Crippen molar-refractivity contribution >= 4 is 34.8 Å². The maximum absolute atomic E-state index is 14.0. The van der Waals surface area contributed by atoms with Crippen LogP contribution in [-0.2, 0) is 6.42 Å². The van der Waals surface area contributed by atoms with Gasteiger partial charge < -0.3 is 5.32 Å². The van der Waals surface area contributed by atoms with Gasteiger partial charge in [-0.15, -0.1) is 0 Å². The molecular formula is C15H13Cl3FN. The lowest BCUT2D eigenvalue weighted by molar-refractivity contribution is 0.555. The van der Waals surface area contributed by atoms with Gasteiger partial charge in [0.1, 0.15) is 5.82 Å². The highest BCUT2D eigenvalue weighted by molar-refractivity contribution is 6.33. The zero-order valence-electron chi connectivity index (χ0n) is 10.8. The number of rotatable bonds is 4. The van der Waals surface area contributed by atoms with Crippen molar-refractivity contribution in [3.63, 3.8) is 0 Å². The summed E-state index contributed by atoms with van der Waals surface area (Å²) in [6.45, 7) is 0. The van der Waals surface area contributed by atoms with E-state index < -0.39 is 5.82 Å². The summed E-state index contributed by atoms with van der Waals surface area (Å²) in [5.74, 6) is -0.396. The fourth-order valence-corrected chi connectivity index (χ4v) is 2.70. The predicted octanol–water partition coefficient (Wildman–Crippen LogP) is 5.29. The number of hydrogen-bond acceptors (Lipinski definition) is 1. The molecule has 106 valence electrons. The van der Waals surface area contributed by atoms with Crippen molar-refractivity contribution in [3.8, 4) is 0 Å². The Labute approximate surface area is 132 Å². The quantitative estimate of drug-likeness (QED) is 0.802. The Morgan fingerprint density at radius 3 is 2.55 bits per heavy atom. The molecule has 2 rings (SSSR count). The van der Waals surface area contributed by atoms with Crippen molar-refractivity contribution in [2.24, 2.45) is 0 Å². The van der Waals surface area contributed by atoms with Crippen LogP contribution in [0.15, 0.2) is 36.4 Å². The molecule has 0 fully saturated rings. The van der Waals surface area contributed by atoms with Crippen LogP contribution in [0, 0.1) is 5.82 Å². The van der Waals surface area contributed by atoms with Crippen LogP contribution in [0.1, 0.15) is 17.2 Å². The van der Waals surface area contributed by atoms with Gasteiger partial charge in [0.15, 0.2) is 0 Å². The van der Waals surface area contributed by atoms with Gasteiger partial charge in [0, 0.05) is 16.1 Å². The van der Waals surface area contributed by atoms with E-state index in [-0.39, 0.29) is 11.1 Å². The molecule has 20 heavy (non-hydrogen) atoms. The zero-order chi connectivity index (χ0) is 14.7. The van der Waals surface area contributed by atoms with Crippen molar-refractivity contribution in [2.45, 2.75) is 12.5 Å². The molecule has 1 unspecified atom stereocenters. The summed E-state index contributed by atoms with van der Waals surface area (Å²) in [6, 6.07) is 10.1. The third-order valence-corrected chi connectivity index (χ3v) is 4.01. The fourth-order valence-electron chi connectivity index (χ4n) is 2.08. The molecule has 0 amide bonds. The highest BCUT2D eigenvalue weighted by atomic mass is 35.5. The Hall–Kier alpha value is -0.800. The van der Waals surface area contributed by atoms with E-state index >= 15 is 0 Å². The van der Waals surface area contributed by atoms with Gasteiger partial charge in [0.2, 0.25) is 0 Å². The molecule has 1 nitrogen and oxygen atoms in total. The van der Waals surface area contributed by atoms with Crippen molar-refractivity contribution < 1.29 is 4.39 Å². The normalized spacial score (nSPS) is 12.4. The smallest absolute Gasteiger partial charge is 0.145 e. The molecule has 2 aromatic rings. The van der Waals surface area contributed by atoms with E-state index in [1.807, 2.05) is 0 Å². The maximum atomic E-state index is 14.0. The van der Waals surface area contributed by atoms with Crippen LogP contribution in [0.25, 0.3) is 0 Å². The summed E-state index contributed by atoms with van der Waals surface area (Å²) in [4.78, 5) is 0. The van der Waals surface area contributed by atoms with Gasteiger partial charge >= 0.3 is 0 Å². The number of hydrogen-bond donors (Lipinski definition) is 1. The Bertz CT molecular complexity index is 616. The van der Waals surface area contributed by atoms with Crippen molar-refractivity contribution in [1.29, 1.82) is 0 Å². The van der Waals surface area contributed by atoms with Crippen molar-refractivity contribution in [2.75, 3.05) is 7.05 Å². The molecule has 0 radical (unpaired) electrons. The summed E-state index contributed by atoms with van der Waals surface area (Å²) in [6.07, 6.45) is 0.433. The lowest BCUT2D eigenvalue weighted by atomic mass is 9.98. The second-order valence-electron chi connectivity index (χ2n) is 4.42. The van der Waals surface area contributed by atoms with Crippen LogP contribution >= 0.6 is 34.8 Å². The van der Waals surface area contributed by atoms with E-state index in [0.717, 1.165) is 5.56 Å². The molecule has 0 heterocycles. The summed E-state index contributed by atoms with van der Waals surface area (Å²) >= 11 is 18.0. The Balaban J connectivity index is 2.34. The van der Waals surface area contributed by atoms with Gasteiger partial charge in [0.25, 0.3) is 0 Å². The molecule has 0 aliphatic carbocycles. The molecule has 0 spiro atoms. The van der Waals surface area contributed by atoms with Crippen LogP contribution in [-0.4, -0.2) is 7.05 Å². The average molecular weight is 333 g/mol. The minimum Gasteiger partial charge on any atom is -0.313 e. The molecule has 0 aliphatic rings. The summed E-state index contributed by atoms with van der Waals surface area (Å²) in [7, 11) is 1.80. The van der Waals surface area contributed by atoms with E-state index in [9.17, 15) is 4.39 Å². The Morgan fingerprint density at radius 1 is 1.10 bits per heavy atom. The van der Waals surface area contributed by atoms with Gasteiger partial charge in [0.05, 0.1) is 5.02 Å². The van der Waals surface area contributed by atoms with Gasteiger partial charge in [-0.05, 0) is 48.9 Å². The highest BCUT2D eigenvalue weighted by Gasteiger charge is 2.17. The highest BCUT2D eigenvalue weighted by Crippen LogP contribution is 2.30. The number of benzene rings is 2. The second-order valence-corrected chi connectivity index (χ2v) is 5.67. The predicted molar refractivity (Wildman–Crippen MR) is 83.4 cm³/mol. The summed E-state index contributed by atoms with van der Waals surface area (Å²) in [5.41, 5.74) is 1.37. The van der Waals surface area contributed by atoms with Crippen LogP contribution in [0.4, 0.5) is 4.39 Å². The molecular weight excluding hydrogens is 320 g/mol. The molecule has 0 saturated heterocycles. The number of likely N-dealkylation sites (N-methyl/N-ethyl adjacent to an activating group) is 1. The molecule has 0 saturated carbocycles. The zero-order valence-corrected chi connectivity index (χ0v) is 13.0.